The molecule has 0 aliphatic rings. The molecule has 110 valence electrons. The third-order valence-electron chi connectivity index (χ3n) is 3.12. The second-order valence-electron chi connectivity index (χ2n) is 4.60. The molecule has 0 bridgehead atoms. The van der Waals surface area contributed by atoms with Crippen molar-refractivity contribution in [3.8, 4) is 0 Å². The standard InChI is InChI=1S/C14H15BrN4O2/c1-9-10(2)18-8-19(14(9)21)4-3-17-13(20)11-5-12(15)7-16-6-11/h5-8H,3-4H2,1-2H3,(H,17,20). The number of rotatable bonds is 4. The predicted octanol–water partition coefficient (Wildman–Crippen LogP) is 1.45. The highest BCUT2D eigenvalue weighted by Crippen LogP contribution is 2.09. The van der Waals surface area contributed by atoms with Crippen molar-refractivity contribution in [2.75, 3.05) is 6.54 Å². The van der Waals surface area contributed by atoms with Crippen LogP contribution in [0.1, 0.15) is 21.6 Å². The van der Waals surface area contributed by atoms with Gasteiger partial charge in [-0.3, -0.25) is 19.1 Å². The van der Waals surface area contributed by atoms with E-state index < -0.39 is 0 Å². The zero-order valence-corrected chi connectivity index (χ0v) is 13.3. The fourth-order valence-electron chi connectivity index (χ4n) is 1.76. The van der Waals surface area contributed by atoms with E-state index in [9.17, 15) is 9.59 Å². The van der Waals surface area contributed by atoms with Gasteiger partial charge in [0.05, 0.1) is 11.9 Å². The lowest BCUT2D eigenvalue weighted by atomic mass is 10.2. The van der Waals surface area contributed by atoms with Crippen LogP contribution < -0.4 is 10.9 Å². The number of nitrogens with one attached hydrogen (secondary N) is 1. The Morgan fingerprint density at radius 2 is 2.14 bits per heavy atom. The summed E-state index contributed by atoms with van der Waals surface area (Å²) in [5.41, 5.74) is 1.73. The van der Waals surface area contributed by atoms with Crippen LogP contribution in [0, 0.1) is 13.8 Å². The fourth-order valence-corrected chi connectivity index (χ4v) is 2.13. The third kappa shape index (κ3) is 3.75. The predicted molar refractivity (Wildman–Crippen MR) is 82.2 cm³/mol. The van der Waals surface area contributed by atoms with E-state index in [1.807, 2.05) is 0 Å². The summed E-state index contributed by atoms with van der Waals surface area (Å²) in [7, 11) is 0. The molecule has 1 N–H and O–H groups in total. The molecule has 0 atom stereocenters. The number of nitrogens with zero attached hydrogens (tertiary/aromatic N) is 3. The number of aryl methyl sites for hydroxylation is 1. The summed E-state index contributed by atoms with van der Waals surface area (Å²) >= 11 is 3.26. The molecule has 0 saturated carbocycles. The summed E-state index contributed by atoms with van der Waals surface area (Å²) in [6, 6.07) is 1.69. The van der Waals surface area contributed by atoms with Crippen molar-refractivity contribution in [2.24, 2.45) is 0 Å². The van der Waals surface area contributed by atoms with Gasteiger partial charge in [0.15, 0.2) is 0 Å². The second-order valence-corrected chi connectivity index (χ2v) is 5.52. The normalized spacial score (nSPS) is 10.4. The van der Waals surface area contributed by atoms with Crippen molar-refractivity contribution in [3.05, 3.63) is 56.4 Å². The molecular weight excluding hydrogens is 336 g/mol. The lowest BCUT2D eigenvalue weighted by molar-refractivity contribution is 0.0951. The number of pyridine rings is 1. The van der Waals surface area contributed by atoms with Crippen molar-refractivity contribution in [2.45, 2.75) is 20.4 Å². The van der Waals surface area contributed by atoms with Gasteiger partial charge in [0, 0.05) is 41.2 Å². The molecule has 0 aliphatic heterocycles. The summed E-state index contributed by atoms with van der Waals surface area (Å²) in [6.07, 6.45) is 4.60. The molecule has 7 heteroatoms. The summed E-state index contributed by atoms with van der Waals surface area (Å²) in [6.45, 7) is 4.26. The van der Waals surface area contributed by atoms with Gasteiger partial charge < -0.3 is 5.32 Å². The van der Waals surface area contributed by atoms with Gasteiger partial charge in [0.1, 0.15) is 0 Å². The van der Waals surface area contributed by atoms with Crippen molar-refractivity contribution in [1.29, 1.82) is 0 Å². The summed E-state index contributed by atoms with van der Waals surface area (Å²) in [5.74, 6) is -0.228. The minimum Gasteiger partial charge on any atom is -0.350 e. The van der Waals surface area contributed by atoms with Crippen molar-refractivity contribution in [3.63, 3.8) is 0 Å². The van der Waals surface area contributed by atoms with E-state index in [0.717, 1.165) is 10.2 Å². The zero-order chi connectivity index (χ0) is 15.4. The lowest BCUT2D eigenvalue weighted by Gasteiger charge is -2.09. The average Bonchev–Trinajstić information content (AvgIpc) is 2.47. The number of hydrogen-bond acceptors (Lipinski definition) is 4. The van der Waals surface area contributed by atoms with Gasteiger partial charge >= 0.3 is 0 Å². The van der Waals surface area contributed by atoms with Gasteiger partial charge in [0.25, 0.3) is 11.5 Å². The Kier molecular flexibility index (Phi) is 4.85. The maximum Gasteiger partial charge on any atom is 0.256 e. The summed E-state index contributed by atoms with van der Waals surface area (Å²) in [4.78, 5) is 32.0. The lowest BCUT2D eigenvalue weighted by Crippen LogP contribution is -2.32. The van der Waals surface area contributed by atoms with E-state index >= 15 is 0 Å². The molecule has 0 aromatic carbocycles. The van der Waals surface area contributed by atoms with E-state index in [2.05, 4.69) is 31.2 Å². The largest absolute Gasteiger partial charge is 0.350 e. The number of amides is 1. The number of aromatic nitrogens is 3. The molecular formula is C14H15BrN4O2. The van der Waals surface area contributed by atoms with Gasteiger partial charge in [-0.25, -0.2) is 4.98 Å². The molecule has 2 heterocycles. The average molecular weight is 351 g/mol. The Morgan fingerprint density at radius 3 is 2.86 bits per heavy atom. The van der Waals surface area contributed by atoms with Gasteiger partial charge in [-0.15, -0.1) is 0 Å². The molecule has 0 spiro atoms. The number of hydrogen-bond donors (Lipinski definition) is 1. The Labute approximate surface area is 130 Å². The first-order chi connectivity index (χ1) is 9.99. The Hall–Kier alpha value is -2.02. The van der Waals surface area contributed by atoms with Crippen LogP contribution in [-0.2, 0) is 6.54 Å². The molecule has 6 nitrogen and oxygen atoms in total. The zero-order valence-electron chi connectivity index (χ0n) is 11.8. The van der Waals surface area contributed by atoms with Crippen LogP contribution in [0.25, 0.3) is 0 Å². The highest BCUT2D eigenvalue weighted by Gasteiger charge is 2.07. The molecule has 0 saturated heterocycles. The molecule has 0 radical (unpaired) electrons. The highest BCUT2D eigenvalue weighted by molar-refractivity contribution is 9.10. The van der Waals surface area contributed by atoms with Gasteiger partial charge in [0.2, 0.25) is 0 Å². The molecule has 21 heavy (non-hydrogen) atoms. The minimum absolute atomic E-state index is 0.0825. The molecule has 2 rings (SSSR count). The number of halogens is 1. The first-order valence-corrected chi connectivity index (χ1v) is 7.19. The van der Waals surface area contributed by atoms with Crippen LogP contribution in [0.5, 0.6) is 0 Å². The maximum atomic E-state index is 12.0. The molecule has 2 aromatic heterocycles. The van der Waals surface area contributed by atoms with Crippen LogP contribution in [0.3, 0.4) is 0 Å². The quantitative estimate of drug-likeness (QED) is 0.905. The van der Waals surface area contributed by atoms with Gasteiger partial charge in [-0.05, 0) is 35.8 Å². The van der Waals surface area contributed by atoms with E-state index in [1.54, 1.807) is 26.1 Å². The molecule has 2 aromatic rings. The molecule has 0 fully saturated rings. The minimum atomic E-state index is -0.228. The smallest absolute Gasteiger partial charge is 0.256 e. The monoisotopic (exact) mass is 350 g/mol. The van der Waals surface area contributed by atoms with Crippen LogP contribution in [0.15, 0.2) is 34.1 Å². The molecule has 0 unspecified atom stereocenters. The summed E-state index contributed by atoms with van der Waals surface area (Å²) < 4.78 is 2.23. The molecule has 0 aliphatic carbocycles. The van der Waals surface area contributed by atoms with E-state index in [-0.39, 0.29) is 11.5 Å². The third-order valence-corrected chi connectivity index (χ3v) is 3.55. The van der Waals surface area contributed by atoms with Crippen molar-refractivity contribution >= 4 is 21.8 Å². The van der Waals surface area contributed by atoms with Crippen LogP contribution in [0.4, 0.5) is 0 Å². The fraction of sp³-hybridized carbons (Fsp3) is 0.286. The first kappa shape index (κ1) is 15.4. The Bertz CT molecular complexity index is 727. The highest BCUT2D eigenvalue weighted by atomic mass is 79.9. The van der Waals surface area contributed by atoms with E-state index in [1.165, 1.54) is 17.1 Å². The summed E-state index contributed by atoms with van der Waals surface area (Å²) in [5, 5.41) is 2.75. The van der Waals surface area contributed by atoms with Crippen LogP contribution in [0.2, 0.25) is 0 Å². The second kappa shape index (κ2) is 6.62. The Balaban J connectivity index is 1.97. The SMILES string of the molecule is Cc1ncn(CCNC(=O)c2cncc(Br)c2)c(=O)c1C. The Morgan fingerprint density at radius 1 is 1.38 bits per heavy atom. The first-order valence-electron chi connectivity index (χ1n) is 6.40. The van der Waals surface area contributed by atoms with Crippen LogP contribution in [-0.4, -0.2) is 27.0 Å². The number of carbonyl (C=O) groups is 1. The topological polar surface area (TPSA) is 76.9 Å². The van der Waals surface area contributed by atoms with Crippen molar-refractivity contribution < 1.29 is 4.79 Å². The maximum absolute atomic E-state index is 12.0. The van der Waals surface area contributed by atoms with Gasteiger partial charge in [-0.2, -0.15) is 0 Å². The number of carbonyl (C=O) groups excluding carboxylic acids is 1. The van der Waals surface area contributed by atoms with E-state index in [0.29, 0.717) is 24.2 Å². The van der Waals surface area contributed by atoms with Crippen LogP contribution >= 0.6 is 15.9 Å². The van der Waals surface area contributed by atoms with Gasteiger partial charge in [-0.1, -0.05) is 0 Å². The molecule has 1 amide bonds. The van der Waals surface area contributed by atoms with Crippen molar-refractivity contribution in [1.82, 2.24) is 19.9 Å². The van der Waals surface area contributed by atoms with E-state index in [4.69, 9.17) is 0 Å².